The van der Waals surface area contributed by atoms with Gasteiger partial charge in [0.25, 0.3) is 0 Å². The molecule has 3 aliphatic carbocycles. The van der Waals surface area contributed by atoms with Crippen LogP contribution in [0.1, 0.15) is 24.3 Å². The van der Waals surface area contributed by atoms with E-state index >= 15 is 0 Å². The van der Waals surface area contributed by atoms with Crippen LogP contribution in [0, 0.1) is 11.3 Å². The predicted molar refractivity (Wildman–Crippen MR) is 64.6 cm³/mol. The van der Waals surface area contributed by atoms with Crippen molar-refractivity contribution in [2.45, 2.75) is 18.8 Å². The van der Waals surface area contributed by atoms with E-state index in [1.54, 1.807) is 0 Å². The molecule has 2 bridgehead atoms. The summed E-state index contributed by atoms with van der Waals surface area (Å²) in [6, 6.07) is 7.82. The van der Waals surface area contributed by atoms with E-state index in [0.29, 0.717) is 11.2 Å². The molecule has 0 radical (unpaired) electrons. The zero-order chi connectivity index (χ0) is 11.3. The van der Waals surface area contributed by atoms with Crippen molar-refractivity contribution in [3.05, 3.63) is 29.8 Å². The van der Waals surface area contributed by atoms with E-state index in [1.807, 2.05) is 12.1 Å². The molecule has 4 rings (SSSR count). The van der Waals surface area contributed by atoms with Crippen molar-refractivity contribution < 1.29 is 5.11 Å². The SMILES string of the molecule is CN(C)CC12CC(C1)C2c1ccc(O)cc1. The molecule has 0 heterocycles. The number of aromatic hydroxyl groups is 1. The van der Waals surface area contributed by atoms with Gasteiger partial charge in [-0.25, -0.2) is 0 Å². The zero-order valence-corrected chi connectivity index (χ0v) is 9.98. The molecule has 2 heteroatoms. The van der Waals surface area contributed by atoms with Gasteiger partial charge in [0, 0.05) is 6.54 Å². The third-order valence-electron chi connectivity index (χ3n) is 4.35. The van der Waals surface area contributed by atoms with E-state index in [9.17, 15) is 5.11 Å². The number of rotatable bonds is 3. The van der Waals surface area contributed by atoms with Crippen LogP contribution in [-0.4, -0.2) is 30.6 Å². The Balaban J connectivity index is 1.80. The van der Waals surface area contributed by atoms with Gasteiger partial charge in [-0.05, 0) is 61.9 Å². The predicted octanol–water partition coefficient (Wildman–Crippen LogP) is 2.45. The molecule has 0 aliphatic heterocycles. The standard InChI is InChI=1S/C14H19NO/c1-15(2)9-14-7-11(8-14)13(14)10-3-5-12(16)6-4-10/h3-6,11,13,16H,7-9H2,1-2H3. The molecule has 3 fully saturated rings. The average molecular weight is 217 g/mol. The topological polar surface area (TPSA) is 23.5 Å². The van der Waals surface area contributed by atoms with Crippen LogP contribution in [0.15, 0.2) is 24.3 Å². The highest BCUT2D eigenvalue weighted by molar-refractivity contribution is 5.36. The summed E-state index contributed by atoms with van der Waals surface area (Å²) in [5, 5.41) is 9.31. The maximum atomic E-state index is 9.31. The minimum atomic E-state index is 0.374. The molecule has 0 aromatic heterocycles. The van der Waals surface area contributed by atoms with E-state index < -0.39 is 0 Å². The maximum Gasteiger partial charge on any atom is 0.115 e. The second-order valence-electron chi connectivity index (χ2n) is 5.84. The molecular weight excluding hydrogens is 198 g/mol. The minimum Gasteiger partial charge on any atom is -0.508 e. The van der Waals surface area contributed by atoms with Crippen LogP contribution < -0.4 is 0 Å². The molecule has 16 heavy (non-hydrogen) atoms. The number of hydrogen-bond donors (Lipinski definition) is 1. The number of benzene rings is 1. The Morgan fingerprint density at radius 2 is 1.88 bits per heavy atom. The number of phenolic OH excluding ortho intramolecular Hbond substituents is 1. The number of nitrogens with zero attached hydrogens (tertiary/aromatic N) is 1. The second-order valence-corrected chi connectivity index (χ2v) is 5.84. The van der Waals surface area contributed by atoms with Gasteiger partial charge in [-0.15, -0.1) is 0 Å². The average Bonchev–Trinajstić information content (AvgIpc) is 2.15. The van der Waals surface area contributed by atoms with Crippen LogP contribution in [0.5, 0.6) is 5.75 Å². The lowest BCUT2D eigenvalue weighted by atomic mass is 9.36. The van der Waals surface area contributed by atoms with Crippen LogP contribution in [0.4, 0.5) is 0 Å². The van der Waals surface area contributed by atoms with Gasteiger partial charge in [0.15, 0.2) is 0 Å². The molecule has 3 saturated carbocycles. The third kappa shape index (κ3) is 1.29. The molecular formula is C14H19NO. The lowest BCUT2D eigenvalue weighted by Crippen LogP contribution is -2.63. The fraction of sp³-hybridized carbons (Fsp3) is 0.571. The van der Waals surface area contributed by atoms with E-state index in [2.05, 4.69) is 31.1 Å². The lowest BCUT2D eigenvalue weighted by Gasteiger charge is -2.69. The van der Waals surface area contributed by atoms with Gasteiger partial charge in [0.05, 0.1) is 0 Å². The van der Waals surface area contributed by atoms with Crippen LogP contribution >= 0.6 is 0 Å². The van der Waals surface area contributed by atoms with Gasteiger partial charge >= 0.3 is 0 Å². The summed E-state index contributed by atoms with van der Waals surface area (Å²) in [6.45, 7) is 1.20. The summed E-state index contributed by atoms with van der Waals surface area (Å²) in [5.74, 6) is 2.03. The first-order valence-corrected chi connectivity index (χ1v) is 6.04. The van der Waals surface area contributed by atoms with E-state index in [-0.39, 0.29) is 0 Å². The number of phenols is 1. The molecule has 0 spiro atoms. The van der Waals surface area contributed by atoms with Crippen LogP contribution in [0.3, 0.4) is 0 Å². The fourth-order valence-electron chi connectivity index (χ4n) is 3.82. The van der Waals surface area contributed by atoms with Crippen molar-refractivity contribution in [1.82, 2.24) is 4.90 Å². The van der Waals surface area contributed by atoms with E-state index in [0.717, 1.165) is 11.8 Å². The molecule has 1 aromatic carbocycles. The monoisotopic (exact) mass is 217 g/mol. The first kappa shape index (κ1) is 10.2. The van der Waals surface area contributed by atoms with E-state index in [4.69, 9.17) is 0 Å². The summed E-state index contributed by atoms with van der Waals surface area (Å²) in [5.41, 5.74) is 1.97. The van der Waals surface area contributed by atoms with Gasteiger partial charge in [-0.2, -0.15) is 0 Å². The Hall–Kier alpha value is -1.02. The summed E-state index contributed by atoms with van der Waals surface area (Å²) in [4.78, 5) is 2.31. The second kappa shape index (κ2) is 3.24. The molecule has 1 unspecified atom stereocenters. The van der Waals surface area contributed by atoms with Crippen LogP contribution in [0.25, 0.3) is 0 Å². The van der Waals surface area contributed by atoms with Gasteiger partial charge in [0.1, 0.15) is 5.75 Å². The Morgan fingerprint density at radius 1 is 1.25 bits per heavy atom. The zero-order valence-electron chi connectivity index (χ0n) is 9.98. The molecule has 0 amide bonds. The van der Waals surface area contributed by atoms with Crippen molar-refractivity contribution in [2.75, 3.05) is 20.6 Å². The quantitative estimate of drug-likeness (QED) is 0.840. The van der Waals surface area contributed by atoms with Crippen molar-refractivity contribution in [3.8, 4) is 5.75 Å². The Morgan fingerprint density at radius 3 is 2.31 bits per heavy atom. The van der Waals surface area contributed by atoms with Crippen LogP contribution in [-0.2, 0) is 0 Å². The molecule has 0 saturated heterocycles. The molecule has 1 N–H and O–H groups in total. The highest BCUT2D eigenvalue weighted by atomic mass is 16.3. The summed E-state index contributed by atoms with van der Waals surface area (Å²) in [6.07, 6.45) is 2.80. The van der Waals surface area contributed by atoms with Crippen molar-refractivity contribution in [3.63, 3.8) is 0 Å². The fourth-order valence-corrected chi connectivity index (χ4v) is 3.82. The Kier molecular flexibility index (Phi) is 2.05. The summed E-state index contributed by atoms with van der Waals surface area (Å²) < 4.78 is 0. The first-order valence-electron chi connectivity index (χ1n) is 6.04. The normalized spacial score (nSPS) is 35.7. The molecule has 86 valence electrons. The van der Waals surface area contributed by atoms with Gasteiger partial charge in [-0.3, -0.25) is 0 Å². The van der Waals surface area contributed by atoms with E-state index in [1.165, 1.54) is 24.9 Å². The Labute approximate surface area is 96.9 Å². The van der Waals surface area contributed by atoms with Crippen molar-refractivity contribution in [1.29, 1.82) is 0 Å². The smallest absolute Gasteiger partial charge is 0.115 e. The number of hydrogen-bond acceptors (Lipinski definition) is 2. The molecule has 1 aromatic rings. The Bertz CT molecular complexity index is 390. The highest BCUT2D eigenvalue weighted by Gasteiger charge is 2.65. The van der Waals surface area contributed by atoms with Crippen LogP contribution in [0.2, 0.25) is 0 Å². The summed E-state index contributed by atoms with van der Waals surface area (Å²) in [7, 11) is 4.32. The van der Waals surface area contributed by atoms with Gasteiger partial charge in [-0.1, -0.05) is 12.1 Å². The molecule has 2 nitrogen and oxygen atoms in total. The lowest BCUT2D eigenvalue weighted by molar-refractivity contribution is -0.152. The third-order valence-corrected chi connectivity index (χ3v) is 4.35. The molecule has 1 atom stereocenters. The van der Waals surface area contributed by atoms with Gasteiger partial charge < -0.3 is 10.0 Å². The summed E-state index contributed by atoms with van der Waals surface area (Å²) >= 11 is 0. The van der Waals surface area contributed by atoms with Crippen molar-refractivity contribution >= 4 is 0 Å². The molecule has 3 aliphatic rings. The van der Waals surface area contributed by atoms with Crippen molar-refractivity contribution in [2.24, 2.45) is 11.3 Å². The first-order chi connectivity index (χ1) is 7.61. The largest absolute Gasteiger partial charge is 0.508 e. The highest BCUT2D eigenvalue weighted by Crippen LogP contribution is 2.73. The maximum absolute atomic E-state index is 9.31. The minimum absolute atomic E-state index is 0.374. The van der Waals surface area contributed by atoms with Gasteiger partial charge in [0.2, 0.25) is 0 Å².